The summed E-state index contributed by atoms with van der Waals surface area (Å²) < 4.78 is 5.18. The van der Waals surface area contributed by atoms with E-state index in [-0.39, 0.29) is 6.04 Å². The molecule has 2 rings (SSSR count). The molecule has 0 radical (unpaired) electrons. The molecule has 1 heterocycles. The largest absolute Gasteiger partial charge is 0.380 e. The number of methoxy groups -OCH3 is 1. The van der Waals surface area contributed by atoms with E-state index >= 15 is 0 Å². The Balaban J connectivity index is 2.09. The number of nitrogens with zero attached hydrogens (tertiary/aromatic N) is 1. The highest BCUT2D eigenvalue weighted by Gasteiger charge is 2.14. The van der Waals surface area contributed by atoms with Crippen LogP contribution in [0.15, 0.2) is 29.8 Å². The van der Waals surface area contributed by atoms with Crippen molar-refractivity contribution in [2.24, 2.45) is 0 Å². The maximum Gasteiger partial charge on any atom is 0.0674 e. The maximum atomic E-state index is 6.40. The third kappa shape index (κ3) is 3.54. The van der Waals surface area contributed by atoms with Gasteiger partial charge in [-0.15, -0.1) is 0 Å². The van der Waals surface area contributed by atoms with E-state index in [1.54, 1.807) is 7.11 Å². The van der Waals surface area contributed by atoms with E-state index < -0.39 is 0 Å². The lowest BCUT2D eigenvalue weighted by Gasteiger charge is -2.29. The Morgan fingerprint density at radius 1 is 1.45 bits per heavy atom. The van der Waals surface area contributed by atoms with Crippen LogP contribution in [0.25, 0.3) is 0 Å². The van der Waals surface area contributed by atoms with E-state index in [0.717, 1.165) is 36.7 Å². The number of hydrogen-bond donors (Lipinski definition) is 1. The summed E-state index contributed by atoms with van der Waals surface area (Å²) >= 11 is 6.40. The Labute approximate surface area is 126 Å². The molecule has 3 nitrogen and oxygen atoms in total. The summed E-state index contributed by atoms with van der Waals surface area (Å²) in [4.78, 5) is 2.35. The Bertz CT molecular complexity index is 487. The zero-order chi connectivity index (χ0) is 14.5. The lowest BCUT2D eigenvalue weighted by molar-refractivity contribution is 0.222. The van der Waals surface area contributed by atoms with Crippen LogP contribution >= 0.6 is 11.6 Å². The summed E-state index contributed by atoms with van der Waals surface area (Å²) in [5, 5.41) is 4.05. The minimum absolute atomic E-state index is 0.270. The van der Waals surface area contributed by atoms with Crippen molar-refractivity contribution in [3.63, 3.8) is 0 Å². The van der Waals surface area contributed by atoms with Gasteiger partial charge in [0.25, 0.3) is 0 Å². The molecule has 0 bridgehead atoms. The molecular formula is C16H23ClN2O. The quantitative estimate of drug-likeness (QED) is 0.842. The third-order valence-corrected chi connectivity index (χ3v) is 4.21. The first kappa shape index (κ1) is 15.4. The van der Waals surface area contributed by atoms with E-state index in [9.17, 15) is 0 Å². The van der Waals surface area contributed by atoms with Crippen molar-refractivity contribution in [3.05, 3.63) is 40.4 Å². The lowest BCUT2D eigenvalue weighted by atomic mass is 10.1. The first-order valence-electron chi connectivity index (χ1n) is 7.04. The molecule has 0 fully saturated rings. The van der Waals surface area contributed by atoms with Crippen LogP contribution in [-0.2, 0) is 4.74 Å². The van der Waals surface area contributed by atoms with Crippen molar-refractivity contribution in [3.8, 4) is 0 Å². The zero-order valence-corrected chi connectivity index (χ0v) is 13.2. The van der Waals surface area contributed by atoms with Crippen LogP contribution in [0, 0.1) is 0 Å². The Hall–Kier alpha value is -1.03. The van der Waals surface area contributed by atoms with Crippen molar-refractivity contribution < 1.29 is 4.74 Å². The number of halogens is 1. The SMILES string of the molecule is CNC(C)c1ccc(N2CC=C(COC)CC2)cc1Cl. The lowest BCUT2D eigenvalue weighted by Crippen LogP contribution is -2.29. The average Bonchev–Trinajstić information content (AvgIpc) is 2.47. The van der Waals surface area contributed by atoms with Gasteiger partial charge >= 0.3 is 0 Å². The molecule has 1 unspecified atom stereocenters. The van der Waals surface area contributed by atoms with E-state index in [4.69, 9.17) is 16.3 Å². The van der Waals surface area contributed by atoms with Crippen molar-refractivity contribution >= 4 is 17.3 Å². The molecule has 1 aromatic rings. The van der Waals surface area contributed by atoms with Gasteiger partial charge in [-0.2, -0.15) is 0 Å². The highest BCUT2D eigenvalue weighted by atomic mass is 35.5. The average molecular weight is 295 g/mol. The van der Waals surface area contributed by atoms with Crippen LogP contribution in [0.4, 0.5) is 5.69 Å². The Morgan fingerprint density at radius 3 is 2.80 bits per heavy atom. The predicted molar refractivity (Wildman–Crippen MR) is 85.7 cm³/mol. The molecule has 0 saturated heterocycles. The monoisotopic (exact) mass is 294 g/mol. The molecule has 1 aliphatic heterocycles. The van der Waals surface area contributed by atoms with Crippen molar-refractivity contribution in [1.82, 2.24) is 5.32 Å². The van der Waals surface area contributed by atoms with Crippen LogP contribution in [0.5, 0.6) is 0 Å². The topological polar surface area (TPSA) is 24.5 Å². The smallest absolute Gasteiger partial charge is 0.0674 e. The molecular weight excluding hydrogens is 272 g/mol. The molecule has 1 N–H and O–H groups in total. The fraction of sp³-hybridized carbons (Fsp3) is 0.500. The van der Waals surface area contributed by atoms with Gasteiger partial charge in [0.2, 0.25) is 0 Å². The van der Waals surface area contributed by atoms with Gasteiger partial charge < -0.3 is 15.0 Å². The highest BCUT2D eigenvalue weighted by molar-refractivity contribution is 6.31. The van der Waals surface area contributed by atoms with Gasteiger partial charge in [0.15, 0.2) is 0 Å². The summed E-state index contributed by atoms with van der Waals surface area (Å²) in [6, 6.07) is 6.61. The van der Waals surface area contributed by atoms with Crippen molar-refractivity contribution in [1.29, 1.82) is 0 Å². The van der Waals surface area contributed by atoms with Crippen molar-refractivity contribution in [2.75, 3.05) is 38.8 Å². The molecule has 0 saturated carbocycles. The number of rotatable bonds is 5. The molecule has 0 amide bonds. The second kappa shape index (κ2) is 7.11. The van der Waals surface area contributed by atoms with Crippen LogP contribution in [0.2, 0.25) is 5.02 Å². The molecule has 0 aromatic heterocycles. The van der Waals surface area contributed by atoms with Crippen molar-refractivity contribution in [2.45, 2.75) is 19.4 Å². The summed E-state index contributed by atoms with van der Waals surface area (Å²) in [5.74, 6) is 0. The molecule has 0 spiro atoms. The molecule has 1 aromatic carbocycles. The minimum atomic E-state index is 0.270. The van der Waals surface area contributed by atoms with Gasteiger partial charge in [0.05, 0.1) is 6.61 Å². The summed E-state index contributed by atoms with van der Waals surface area (Å²) in [6.07, 6.45) is 3.31. The maximum absolute atomic E-state index is 6.40. The van der Waals surface area contributed by atoms with E-state index in [2.05, 4.69) is 41.4 Å². The van der Waals surface area contributed by atoms with Gasteiger partial charge in [0.1, 0.15) is 0 Å². The predicted octanol–water partition coefficient (Wildman–Crippen LogP) is 3.40. The third-order valence-electron chi connectivity index (χ3n) is 3.88. The Morgan fingerprint density at radius 2 is 2.25 bits per heavy atom. The molecule has 20 heavy (non-hydrogen) atoms. The minimum Gasteiger partial charge on any atom is -0.380 e. The number of ether oxygens (including phenoxy) is 1. The molecule has 4 heteroatoms. The molecule has 110 valence electrons. The van der Waals surface area contributed by atoms with Crippen LogP contribution < -0.4 is 10.2 Å². The zero-order valence-electron chi connectivity index (χ0n) is 12.4. The van der Waals surface area contributed by atoms with E-state index in [0.29, 0.717) is 0 Å². The van der Waals surface area contributed by atoms with Crippen LogP contribution in [0.1, 0.15) is 24.9 Å². The summed E-state index contributed by atoms with van der Waals surface area (Å²) in [5.41, 5.74) is 3.72. The first-order chi connectivity index (χ1) is 9.65. The fourth-order valence-electron chi connectivity index (χ4n) is 2.48. The second-order valence-electron chi connectivity index (χ2n) is 5.21. The van der Waals surface area contributed by atoms with Gasteiger partial charge in [0, 0.05) is 37.0 Å². The number of anilines is 1. The fourth-order valence-corrected chi connectivity index (χ4v) is 2.82. The Kier molecular flexibility index (Phi) is 5.46. The van der Waals surface area contributed by atoms with Gasteiger partial charge in [-0.25, -0.2) is 0 Å². The first-order valence-corrected chi connectivity index (χ1v) is 7.42. The van der Waals surface area contributed by atoms with E-state index in [1.165, 1.54) is 11.3 Å². The molecule has 1 aliphatic rings. The van der Waals surface area contributed by atoms with Crippen LogP contribution in [-0.4, -0.2) is 33.9 Å². The number of benzene rings is 1. The number of nitrogens with one attached hydrogen (secondary N) is 1. The van der Waals surface area contributed by atoms with Gasteiger partial charge in [-0.3, -0.25) is 0 Å². The second-order valence-corrected chi connectivity index (χ2v) is 5.61. The van der Waals surface area contributed by atoms with Gasteiger partial charge in [-0.05, 0) is 43.7 Å². The van der Waals surface area contributed by atoms with E-state index in [1.807, 2.05) is 7.05 Å². The number of hydrogen-bond acceptors (Lipinski definition) is 3. The summed E-state index contributed by atoms with van der Waals surface area (Å²) in [7, 11) is 3.69. The molecule has 1 atom stereocenters. The standard InChI is InChI=1S/C16H23ClN2O/c1-12(18-2)15-5-4-14(10-16(15)17)19-8-6-13(7-9-19)11-20-3/h4-6,10,12,18H,7-9,11H2,1-3H3. The summed E-state index contributed by atoms with van der Waals surface area (Å²) in [6.45, 7) is 4.80. The van der Waals surface area contributed by atoms with Gasteiger partial charge in [-0.1, -0.05) is 23.7 Å². The molecule has 0 aliphatic carbocycles. The van der Waals surface area contributed by atoms with Crippen LogP contribution in [0.3, 0.4) is 0 Å². The highest BCUT2D eigenvalue weighted by Crippen LogP contribution is 2.29. The normalized spacial score (nSPS) is 17.0.